The molecule has 3 heterocycles. The van der Waals surface area contributed by atoms with E-state index in [1.54, 1.807) is 0 Å². The molecular weight excluding hydrogens is 342 g/mol. The van der Waals surface area contributed by atoms with Gasteiger partial charge in [0, 0.05) is 37.7 Å². The van der Waals surface area contributed by atoms with Crippen LogP contribution in [0.15, 0.2) is 54.9 Å². The molecule has 27 heavy (non-hydrogen) atoms. The number of carbonyl (C=O) groups is 1. The zero-order valence-electron chi connectivity index (χ0n) is 15.1. The van der Waals surface area contributed by atoms with E-state index >= 15 is 0 Å². The van der Waals surface area contributed by atoms with Crippen molar-refractivity contribution >= 4 is 17.4 Å². The van der Waals surface area contributed by atoms with Gasteiger partial charge in [-0.3, -0.25) is 4.90 Å². The van der Waals surface area contributed by atoms with Crippen molar-refractivity contribution in [2.24, 2.45) is 0 Å². The number of aromatic nitrogens is 2. The normalized spacial score (nSPS) is 15.0. The van der Waals surface area contributed by atoms with Crippen LogP contribution in [0.25, 0.3) is 5.65 Å². The molecule has 2 N–H and O–H groups in total. The van der Waals surface area contributed by atoms with Gasteiger partial charge in [0.2, 0.25) is 0 Å². The van der Waals surface area contributed by atoms with E-state index in [1.807, 2.05) is 59.3 Å². The smallest absolute Gasteiger partial charge is 0.319 e. The van der Waals surface area contributed by atoms with Crippen LogP contribution in [0, 0.1) is 0 Å². The number of fused-ring (bicyclic) bond motifs is 1. The number of imidazole rings is 1. The van der Waals surface area contributed by atoms with E-state index < -0.39 is 0 Å². The van der Waals surface area contributed by atoms with Gasteiger partial charge in [0.1, 0.15) is 5.65 Å². The molecule has 1 fully saturated rings. The summed E-state index contributed by atoms with van der Waals surface area (Å²) in [4.78, 5) is 19.2. The maximum absolute atomic E-state index is 12.4. The lowest BCUT2D eigenvalue weighted by atomic mass is 10.1. The quantitative estimate of drug-likeness (QED) is 0.729. The lowest BCUT2D eigenvalue weighted by Crippen LogP contribution is -2.36. The lowest BCUT2D eigenvalue weighted by Gasteiger charge is -2.27. The molecule has 1 aromatic carbocycles. The third-order valence-corrected chi connectivity index (χ3v) is 4.61. The molecule has 3 aromatic rings. The molecule has 0 radical (unpaired) electrons. The van der Waals surface area contributed by atoms with Crippen molar-refractivity contribution in [3.63, 3.8) is 0 Å². The van der Waals surface area contributed by atoms with Crippen molar-refractivity contribution in [2.45, 2.75) is 13.1 Å². The number of benzene rings is 1. The minimum atomic E-state index is -0.235. The van der Waals surface area contributed by atoms with Gasteiger partial charge in [-0.05, 0) is 23.8 Å². The Kier molecular flexibility index (Phi) is 5.32. The average molecular weight is 365 g/mol. The maximum Gasteiger partial charge on any atom is 0.319 e. The van der Waals surface area contributed by atoms with E-state index in [1.165, 1.54) is 0 Å². The molecule has 4 rings (SSSR count). The summed E-state index contributed by atoms with van der Waals surface area (Å²) < 4.78 is 7.34. The van der Waals surface area contributed by atoms with Gasteiger partial charge in [-0.2, -0.15) is 0 Å². The van der Waals surface area contributed by atoms with Crippen LogP contribution in [0.2, 0.25) is 0 Å². The molecule has 2 amide bonds. The van der Waals surface area contributed by atoms with Gasteiger partial charge in [-0.15, -0.1) is 0 Å². The van der Waals surface area contributed by atoms with Crippen LogP contribution >= 0.6 is 0 Å². The van der Waals surface area contributed by atoms with Crippen molar-refractivity contribution in [3.8, 4) is 0 Å². The van der Waals surface area contributed by atoms with Gasteiger partial charge < -0.3 is 19.8 Å². The third-order valence-electron chi connectivity index (χ3n) is 4.61. The second-order valence-electron chi connectivity index (χ2n) is 6.55. The van der Waals surface area contributed by atoms with Crippen LogP contribution < -0.4 is 10.6 Å². The first-order valence-electron chi connectivity index (χ1n) is 9.13. The Morgan fingerprint density at radius 2 is 1.93 bits per heavy atom. The monoisotopic (exact) mass is 365 g/mol. The second kappa shape index (κ2) is 8.20. The predicted molar refractivity (Wildman–Crippen MR) is 104 cm³/mol. The average Bonchev–Trinajstić information content (AvgIpc) is 3.12. The fraction of sp³-hybridized carbons (Fsp3) is 0.300. The van der Waals surface area contributed by atoms with Gasteiger partial charge in [0.25, 0.3) is 0 Å². The van der Waals surface area contributed by atoms with E-state index in [0.29, 0.717) is 6.54 Å². The van der Waals surface area contributed by atoms with Crippen molar-refractivity contribution in [1.82, 2.24) is 19.6 Å². The van der Waals surface area contributed by atoms with Gasteiger partial charge in [-0.1, -0.05) is 24.3 Å². The summed E-state index contributed by atoms with van der Waals surface area (Å²) in [7, 11) is 0. The molecule has 1 aliphatic rings. The minimum absolute atomic E-state index is 0.235. The number of hydrogen-bond acceptors (Lipinski definition) is 4. The van der Waals surface area contributed by atoms with Gasteiger partial charge in [0.15, 0.2) is 0 Å². The highest BCUT2D eigenvalue weighted by Crippen LogP contribution is 2.18. The first-order chi connectivity index (χ1) is 13.3. The molecule has 1 saturated heterocycles. The standard InChI is InChI=1S/C20H23N5O2/c26-20(21-13-17-15-25-8-4-3-7-19(25)22-17)23-18-6-2-1-5-16(18)14-24-9-11-27-12-10-24/h1-8,15H,9-14H2,(H2,21,23,26). The van der Waals surface area contributed by atoms with E-state index in [0.717, 1.165) is 55.4 Å². The Morgan fingerprint density at radius 3 is 2.78 bits per heavy atom. The van der Waals surface area contributed by atoms with E-state index in [2.05, 4.69) is 20.5 Å². The maximum atomic E-state index is 12.4. The van der Waals surface area contributed by atoms with E-state index in [9.17, 15) is 4.79 Å². The number of nitrogens with zero attached hydrogens (tertiary/aromatic N) is 3. The first-order valence-corrected chi connectivity index (χ1v) is 9.13. The fourth-order valence-electron chi connectivity index (χ4n) is 3.19. The third kappa shape index (κ3) is 4.45. The summed E-state index contributed by atoms with van der Waals surface area (Å²) in [5.74, 6) is 0. The van der Waals surface area contributed by atoms with Crippen LogP contribution in [-0.4, -0.2) is 46.6 Å². The van der Waals surface area contributed by atoms with Crippen molar-refractivity contribution in [3.05, 3.63) is 66.1 Å². The predicted octanol–water partition coefficient (Wildman–Crippen LogP) is 2.49. The molecule has 0 bridgehead atoms. The second-order valence-corrected chi connectivity index (χ2v) is 6.55. The van der Waals surface area contributed by atoms with Crippen LogP contribution in [-0.2, 0) is 17.8 Å². The summed E-state index contributed by atoms with van der Waals surface area (Å²) >= 11 is 0. The molecule has 2 aromatic heterocycles. The molecule has 0 spiro atoms. The molecule has 1 aliphatic heterocycles. The van der Waals surface area contributed by atoms with Crippen molar-refractivity contribution < 1.29 is 9.53 Å². The topological polar surface area (TPSA) is 70.9 Å². The molecule has 140 valence electrons. The van der Waals surface area contributed by atoms with Crippen LogP contribution in [0.1, 0.15) is 11.3 Å². The number of ether oxygens (including phenoxy) is 1. The summed E-state index contributed by atoms with van der Waals surface area (Å²) in [6.45, 7) is 4.51. The molecular formula is C20H23N5O2. The number of urea groups is 1. The summed E-state index contributed by atoms with van der Waals surface area (Å²) in [6, 6.07) is 13.5. The number of para-hydroxylation sites is 1. The van der Waals surface area contributed by atoms with Crippen LogP contribution in [0.3, 0.4) is 0 Å². The SMILES string of the molecule is O=C(NCc1cn2ccccc2n1)Nc1ccccc1CN1CCOCC1. The summed E-state index contributed by atoms with van der Waals surface area (Å²) in [6.07, 6.45) is 3.86. The molecule has 0 atom stereocenters. The highest BCUT2D eigenvalue weighted by Gasteiger charge is 2.14. The Hall–Kier alpha value is -2.90. The number of rotatable bonds is 5. The molecule has 0 unspecified atom stereocenters. The van der Waals surface area contributed by atoms with Crippen LogP contribution in [0.4, 0.5) is 10.5 Å². The highest BCUT2D eigenvalue weighted by molar-refractivity contribution is 5.90. The van der Waals surface area contributed by atoms with Gasteiger partial charge in [-0.25, -0.2) is 9.78 Å². The minimum Gasteiger partial charge on any atom is -0.379 e. The summed E-state index contributed by atoms with van der Waals surface area (Å²) in [5.41, 5.74) is 3.61. The Morgan fingerprint density at radius 1 is 1.11 bits per heavy atom. The Labute approximate surface area is 158 Å². The molecule has 0 saturated carbocycles. The number of amides is 2. The first kappa shape index (κ1) is 17.5. The molecule has 7 heteroatoms. The van der Waals surface area contributed by atoms with Crippen molar-refractivity contribution in [1.29, 1.82) is 0 Å². The number of carbonyl (C=O) groups excluding carboxylic acids is 1. The van der Waals surface area contributed by atoms with Gasteiger partial charge in [0.05, 0.1) is 25.5 Å². The number of nitrogens with one attached hydrogen (secondary N) is 2. The number of hydrogen-bond donors (Lipinski definition) is 2. The fourth-order valence-corrected chi connectivity index (χ4v) is 3.19. The van der Waals surface area contributed by atoms with Crippen molar-refractivity contribution in [2.75, 3.05) is 31.6 Å². The number of pyridine rings is 1. The molecule has 7 nitrogen and oxygen atoms in total. The highest BCUT2D eigenvalue weighted by atomic mass is 16.5. The largest absolute Gasteiger partial charge is 0.379 e. The Bertz CT molecular complexity index is 884. The summed E-state index contributed by atoms with van der Waals surface area (Å²) in [5, 5.41) is 5.84. The zero-order chi connectivity index (χ0) is 18.5. The number of morpholine rings is 1. The molecule has 0 aliphatic carbocycles. The Balaban J connectivity index is 1.36. The van der Waals surface area contributed by atoms with Gasteiger partial charge >= 0.3 is 6.03 Å². The number of anilines is 1. The zero-order valence-corrected chi connectivity index (χ0v) is 15.1. The van der Waals surface area contributed by atoms with E-state index in [-0.39, 0.29) is 6.03 Å². The van der Waals surface area contributed by atoms with Crippen LogP contribution in [0.5, 0.6) is 0 Å². The van der Waals surface area contributed by atoms with E-state index in [4.69, 9.17) is 4.74 Å². The lowest BCUT2D eigenvalue weighted by molar-refractivity contribution is 0.0343.